The molecule has 2 aromatic heterocycles. The molecule has 0 fully saturated rings. The van der Waals surface area contributed by atoms with Gasteiger partial charge in [0.25, 0.3) is 5.91 Å². The van der Waals surface area contributed by atoms with Crippen LogP contribution in [-0.4, -0.2) is 46.4 Å². The molecule has 8 nitrogen and oxygen atoms in total. The molecule has 3 rings (SSSR count). The number of carbonyl (C=O) groups excluding carboxylic acids is 1. The summed E-state index contributed by atoms with van der Waals surface area (Å²) in [5, 5.41) is 14.7. The summed E-state index contributed by atoms with van der Waals surface area (Å²) < 4.78 is 5.16. The number of benzene rings is 1. The van der Waals surface area contributed by atoms with E-state index < -0.39 is 4.92 Å². The van der Waals surface area contributed by atoms with Gasteiger partial charge in [0.15, 0.2) is 0 Å². The molecule has 2 heterocycles. The minimum absolute atomic E-state index is 0.0441. The highest BCUT2D eigenvalue weighted by atomic mass is 16.6. The molecule has 1 unspecified atom stereocenters. The smallest absolute Gasteiger partial charge is 0.401 e. The van der Waals surface area contributed by atoms with Gasteiger partial charge in [-0.1, -0.05) is 32.0 Å². The molecule has 0 aliphatic rings. The first-order chi connectivity index (χ1) is 15.9. The van der Waals surface area contributed by atoms with Crippen LogP contribution in [0, 0.1) is 10.1 Å². The summed E-state index contributed by atoms with van der Waals surface area (Å²) in [6, 6.07) is 12.1. The van der Waals surface area contributed by atoms with E-state index in [0.717, 1.165) is 37.9 Å². The molecule has 0 bridgehead atoms. The second-order valence-corrected chi connectivity index (χ2v) is 7.92. The largest absolute Gasteiger partial charge is 0.433 e. The molecule has 0 aliphatic heterocycles. The summed E-state index contributed by atoms with van der Waals surface area (Å²) in [6.45, 7) is 9.41. The lowest BCUT2D eigenvalue weighted by atomic mass is 10.1. The lowest BCUT2D eigenvalue weighted by Gasteiger charge is -2.20. The van der Waals surface area contributed by atoms with Crippen molar-refractivity contribution in [2.24, 2.45) is 0 Å². The second-order valence-electron chi connectivity index (χ2n) is 7.92. The maximum atomic E-state index is 13.1. The number of pyridine rings is 1. The number of nitro groups is 1. The number of fused-ring (bicyclic) bond motifs is 1. The SMILES string of the molecule is CCN(CC)CCCC(C)NC(=O)c1cc(C=Cc2ccc([N+](=O)[O-])o2)nc2ccccc12. The van der Waals surface area contributed by atoms with Gasteiger partial charge >= 0.3 is 5.88 Å². The molecule has 0 saturated heterocycles. The average molecular weight is 451 g/mol. The van der Waals surface area contributed by atoms with Crippen molar-refractivity contribution in [1.29, 1.82) is 0 Å². The fraction of sp³-hybridized carbons (Fsp3) is 0.360. The number of carbonyl (C=O) groups is 1. The minimum Gasteiger partial charge on any atom is -0.401 e. The van der Waals surface area contributed by atoms with Crippen molar-refractivity contribution >= 4 is 34.8 Å². The lowest BCUT2D eigenvalue weighted by molar-refractivity contribution is -0.402. The molecule has 3 aromatic rings. The summed E-state index contributed by atoms with van der Waals surface area (Å²) in [4.78, 5) is 30.3. The van der Waals surface area contributed by atoms with E-state index >= 15 is 0 Å². The predicted molar refractivity (Wildman–Crippen MR) is 130 cm³/mol. The molecule has 1 amide bonds. The van der Waals surface area contributed by atoms with Crippen LogP contribution in [0.5, 0.6) is 0 Å². The maximum Gasteiger partial charge on any atom is 0.433 e. The number of hydrogen-bond donors (Lipinski definition) is 1. The van der Waals surface area contributed by atoms with Crippen LogP contribution in [0.4, 0.5) is 5.88 Å². The van der Waals surface area contributed by atoms with Crippen LogP contribution in [0.2, 0.25) is 0 Å². The van der Waals surface area contributed by atoms with Crippen molar-refractivity contribution < 1.29 is 14.1 Å². The Kier molecular flexibility index (Phi) is 8.32. The minimum atomic E-state index is -0.586. The zero-order valence-electron chi connectivity index (χ0n) is 19.3. The number of furan rings is 1. The zero-order valence-corrected chi connectivity index (χ0v) is 19.3. The van der Waals surface area contributed by atoms with Crippen LogP contribution in [0.15, 0.2) is 46.9 Å². The summed E-state index contributed by atoms with van der Waals surface area (Å²) in [7, 11) is 0. The van der Waals surface area contributed by atoms with Crippen LogP contribution < -0.4 is 5.32 Å². The maximum absolute atomic E-state index is 13.1. The Morgan fingerprint density at radius 1 is 1.21 bits per heavy atom. The number of rotatable bonds is 11. The van der Waals surface area contributed by atoms with E-state index in [0.29, 0.717) is 22.5 Å². The normalized spacial score (nSPS) is 12.5. The van der Waals surface area contributed by atoms with Crippen molar-refractivity contribution in [2.75, 3.05) is 19.6 Å². The van der Waals surface area contributed by atoms with Crippen LogP contribution in [0.25, 0.3) is 23.1 Å². The van der Waals surface area contributed by atoms with Gasteiger partial charge in [-0.25, -0.2) is 4.98 Å². The van der Waals surface area contributed by atoms with Crippen molar-refractivity contribution in [3.05, 3.63) is 69.6 Å². The van der Waals surface area contributed by atoms with Crippen molar-refractivity contribution in [3.8, 4) is 0 Å². The van der Waals surface area contributed by atoms with Gasteiger partial charge in [0.2, 0.25) is 0 Å². The number of hydrogen-bond acceptors (Lipinski definition) is 6. The molecule has 0 radical (unpaired) electrons. The highest BCUT2D eigenvalue weighted by Gasteiger charge is 2.15. The van der Waals surface area contributed by atoms with Crippen LogP contribution in [0.3, 0.4) is 0 Å². The molecule has 8 heteroatoms. The van der Waals surface area contributed by atoms with E-state index in [9.17, 15) is 14.9 Å². The van der Waals surface area contributed by atoms with E-state index in [-0.39, 0.29) is 17.8 Å². The van der Waals surface area contributed by atoms with E-state index in [2.05, 4.69) is 29.0 Å². The first-order valence-corrected chi connectivity index (χ1v) is 11.3. The van der Waals surface area contributed by atoms with Gasteiger partial charge in [-0.2, -0.15) is 0 Å². The van der Waals surface area contributed by atoms with Gasteiger partial charge in [0.05, 0.1) is 22.8 Å². The average Bonchev–Trinajstić information content (AvgIpc) is 3.29. The third kappa shape index (κ3) is 6.49. The number of aromatic nitrogens is 1. The van der Waals surface area contributed by atoms with Gasteiger partial charge in [0.1, 0.15) is 10.7 Å². The Bertz CT molecular complexity index is 1130. The first kappa shape index (κ1) is 24.1. The van der Waals surface area contributed by atoms with E-state index in [1.807, 2.05) is 31.2 Å². The van der Waals surface area contributed by atoms with Crippen molar-refractivity contribution in [1.82, 2.24) is 15.2 Å². The Hall–Kier alpha value is -3.52. The number of amides is 1. The number of para-hydroxylation sites is 1. The second kappa shape index (κ2) is 11.4. The van der Waals surface area contributed by atoms with Gasteiger partial charge in [-0.05, 0) is 69.8 Å². The third-order valence-corrected chi connectivity index (χ3v) is 5.57. The molecule has 1 aromatic carbocycles. The van der Waals surface area contributed by atoms with Gasteiger partial charge in [-0.3, -0.25) is 14.9 Å². The Morgan fingerprint density at radius 3 is 2.67 bits per heavy atom. The predicted octanol–water partition coefficient (Wildman–Crippen LogP) is 5.15. The highest BCUT2D eigenvalue weighted by Crippen LogP contribution is 2.21. The Labute approximate surface area is 193 Å². The van der Waals surface area contributed by atoms with E-state index in [1.54, 1.807) is 18.2 Å². The molecule has 0 aliphatic carbocycles. The fourth-order valence-electron chi connectivity index (χ4n) is 3.70. The molecule has 0 saturated carbocycles. The van der Waals surface area contributed by atoms with E-state index in [4.69, 9.17) is 4.42 Å². The first-order valence-electron chi connectivity index (χ1n) is 11.3. The molecule has 33 heavy (non-hydrogen) atoms. The summed E-state index contributed by atoms with van der Waals surface area (Å²) in [6.07, 6.45) is 5.19. The van der Waals surface area contributed by atoms with Crippen LogP contribution >= 0.6 is 0 Å². The molecule has 1 atom stereocenters. The summed E-state index contributed by atoms with van der Waals surface area (Å²) in [5.74, 6) is -0.132. The number of nitrogens with zero attached hydrogens (tertiary/aromatic N) is 3. The van der Waals surface area contributed by atoms with Crippen molar-refractivity contribution in [3.63, 3.8) is 0 Å². The van der Waals surface area contributed by atoms with Gasteiger partial charge in [0, 0.05) is 11.4 Å². The molecular weight excluding hydrogens is 420 g/mol. The fourth-order valence-corrected chi connectivity index (χ4v) is 3.70. The Balaban J connectivity index is 1.76. The summed E-state index contributed by atoms with van der Waals surface area (Å²) >= 11 is 0. The standard InChI is InChI=1S/C25H30N4O4/c1-4-28(5-2)16-8-9-18(3)26-25(30)22-17-19(27-23-11-7-6-10-21(22)23)12-13-20-14-15-24(33-20)29(31)32/h6-7,10-15,17-18H,4-5,8-9,16H2,1-3H3,(H,26,30). The lowest BCUT2D eigenvalue weighted by Crippen LogP contribution is -2.34. The van der Waals surface area contributed by atoms with Crippen LogP contribution in [-0.2, 0) is 0 Å². The molecular formula is C25H30N4O4. The quantitative estimate of drug-likeness (QED) is 0.320. The van der Waals surface area contributed by atoms with Crippen molar-refractivity contribution in [2.45, 2.75) is 39.7 Å². The van der Waals surface area contributed by atoms with Crippen LogP contribution in [0.1, 0.15) is 55.4 Å². The molecule has 1 N–H and O–H groups in total. The summed E-state index contributed by atoms with van der Waals surface area (Å²) in [5.41, 5.74) is 1.80. The topological polar surface area (TPSA) is 102 Å². The highest BCUT2D eigenvalue weighted by molar-refractivity contribution is 6.06. The third-order valence-electron chi connectivity index (χ3n) is 5.57. The van der Waals surface area contributed by atoms with Gasteiger partial charge in [-0.15, -0.1) is 0 Å². The number of nitrogens with one attached hydrogen (secondary N) is 1. The Morgan fingerprint density at radius 2 is 1.97 bits per heavy atom. The van der Waals surface area contributed by atoms with Gasteiger partial charge < -0.3 is 14.6 Å². The molecule has 0 spiro atoms. The zero-order chi connectivity index (χ0) is 23.8. The van der Waals surface area contributed by atoms with E-state index in [1.165, 1.54) is 12.1 Å². The monoisotopic (exact) mass is 450 g/mol. The molecule has 174 valence electrons.